The second-order valence-corrected chi connectivity index (χ2v) is 4.00. The fourth-order valence-corrected chi connectivity index (χ4v) is 1.61. The number of hydrogen-bond acceptors (Lipinski definition) is 7. The first-order valence-electron chi connectivity index (χ1n) is 5.97. The summed E-state index contributed by atoms with van der Waals surface area (Å²) in [7, 11) is 2.17. The van der Waals surface area contributed by atoms with Crippen molar-refractivity contribution in [1.82, 2.24) is 9.97 Å². The van der Waals surface area contributed by atoms with Crippen molar-refractivity contribution in [3.05, 3.63) is 41.7 Å². The fourth-order valence-electron chi connectivity index (χ4n) is 1.61. The molecule has 0 aliphatic rings. The molecule has 0 spiro atoms. The predicted octanol–water partition coefficient (Wildman–Crippen LogP) is -0.215. The van der Waals surface area contributed by atoms with E-state index in [4.69, 9.17) is 9.76 Å². The Morgan fingerprint density at radius 3 is 2.62 bits per heavy atom. The van der Waals surface area contributed by atoms with Crippen LogP contribution in [0.4, 0.5) is 0 Å². The van der Waals surface area contributed by atoms with E-state index in [2.05, 4.69) is 14.7 Å². The number of ether oxygens (including phenoxy) is 2. The average molecular weight is 287 g/mol. The Balaban J connectivity index is 2.16. The van der Waals surface area contributed by atoms with Crippen LogP contribution in [0.1, 0.15) is 15.9 Å². The Morgan fingerprint density at radius 2 is 2.05 bits per heavy atom. The highest BCUT2D eigenvalue weighted by Gasteiger charge is 2.09. The van der Waals surface area contributed by atoms with Crippen LogP contribution in [-0.4, -0.2) is 40.7 Å². The lowest BCUT2D eigenvalue weighted by molar-refractivity contribution is 0.0599. The third-order valence-electron chi connectivity index (χ3n) is 2.68. The van der Waals surface area contributed by atoms with Crippen molar-refractivity contribution < 1.29 is 24.4 Å². The molecule has 0 aliphatic heterocycles. The van der Waals surface area contributed by atoms with Crippen LogP contribution in [0.15, 0.2) is 30.6 Å². The number of esters is 1. The molecule has 0 bridgehead atoms. The highest BCUT2D eigenvalue weighted by molar-refractivity contribution is 6.46. The van der Waals surface area contributed by atoms with Gasteiger partial charge < -0.3 is 19.6 Å². The second kappa shape index (κ2) is 6.82. The molecule has 2 rings (SSSR count). The van der Waals surface area contributed by atoms with Crippen molar-refractivity contribution in [2.75, 3.05) is 7.11 Å². The Labute approximate surface area is 121 Å². The lowest BCUT2D eigenvalue weighted by atomic mass is 9.84. The summed E-state index contributed by atoms with van der Waals surface area (Å²) in [5, 5.41) is 18.2. The number of nitrogens with zero attached hydrogens (tertiary/aromatic N) is 2. The van der Waals surface area contributed by atoms with Gasteiger partial charge >= 0.3 is 19.5 Å². The zero-order valence-electron chi connectivity index (χ0n) is 11.2. The first kappa shape index (κ1) is 15.0. The van der Waals surface area contributed by atoms with Crippen LogP contribution < -0.4 is 10.2 Å². The van der Waals surface area contributed by atoms with Crippen LogP contribution in [0.5, 0.6) is 11.8 Å². The SMILES string of the molecule is COC(=O)c1cnc(Oc2ccc([B]O)c(CO)c2)nc1. The smallest absolute Gasteiger partial charge is 0.341 e. The van der Waals surface area contributed by atoms with Gasteiger partial charge in [-0.3, -0.25) is 0 Å². The van der Waals surface area contributed by atoms with Crippen molar-refractivity contribution in [2.45, 2.75) is 6.61 Å². The van der Waals surface area contributed by atoms with E-state index in [1.165, 1.54) is 19.5 Å². The van der Waals surface area contributed by atoms with E-state index in [0.717, 1.165) is 7.48 Å². The summed E-state index contributed by atoms with van der Waals surface area (Å²) in [6.07, 6.45) is 2.58. The lowest BCUT2D eigenvalue weighted by Crippen LogP contribution is -2.18. The molecule has 2 N–H and O–H groups in total. The van der Waals surface area contributed by atoms with Crippen molar-refractivity contribution in [1.29, 1.82) is 0 Å². The zero-order valence-corrected chi connectivity index (χ0v) is 11.2. The maximum Gasteiger partial charge on any atom is 0.341 e. The maximum absolute atomic E-state index is 11.2. The number of rotatable bonds is 5. The van der Waals surface area contributed by atoms with Gasteiger partial charge in [-0.05, 0) is 23.2 Å². The molecule has 0 aliphatic carbocycles. The van der Waals surface area contributed by atoms with Gasteiger partial charge in [0, 0.05) is 12.4 Å². The van der Waals surface area contributed by atoms with Gasteiger partial charge in [0.2, 0.25) is 0 Å². The summed E-state index contributed by atoms with van der Waals surface area (Å²) in [6.45, 7) is -0.244. The first-order valence-corrected chi connectivity index (χ1v) is 5.97. The Kier molecular flexibility index (Phi) is 4.86. The van der Waals surface area contributed by atoms with Gasteiger partial charge in [-0.15, -0.1) is 0 Å². The zero-order chi connectivity index (χ0) is 15.2. The first-order chi connectivity index (χ1) is 10.2. The third kappa shape index (κ3) is 3.56. The molecule has 1 radical (unpaired) electrons. The fraction of sp³-hybridized carbons (Fsp3) is 0.154. The molecule has 7 nitrogen and oxygen atoms in total. The minimum atomic E-state index is -0.535. The van der Waals surface area contributed by atoms with Crippen LogP contribution in [0.25, 0.3) is 0 Å². The minimum absolute atomic E-state index is 0.0484. The van der Waals surface area contributed by atoms with E-state index in [9.17, 15) is 9.90 Å². The molecule has 21 heavy (non-hydrogen) atoms. The lowest BCUT2D eigenvalue weighted by Gasteiger charge is -2.08. The molecule has 0 atom stereocenters. The summed E-state index contributed by atoms with van der Waals surface area (Å²) in [4.78, 5) is 19.0. The number of carbonyl (C=O) groups excluding carboxylic acids is 1. The van der Waals surface area contributed by atoms with Gasteiger partial charge in [0.25, 0.3) is 0 Å². The molecule has 0 saturated heterocycles. The Hall–Kier alpha value is -2.45. The molecule has 107 valence electrons. The summed E-state index contributed by atoms with van der Waals surface area (Å²) in [5.41, 5.74) is 1.21. The predicted molar refractivity (Wildman–Crippen MR) is 73.4 cm³/mol. The van der Waals surface area contributed by atoms with Crippen LogP contribution in [0.2, 0.25) is 0 Å². The van der Waals surface area contributed by atoms with E-state index in [1.807, 2.05) is 0 Å². The van der Waals surface area contributed by atoms with Crippen LogP contribution in [0, 0.1) is 0 Å². The van der Waals surface area contributed by atoms with E-state index in [1.54, 1.807) is 18.2 Å². The third-order valence-corrected chi connectivity index (χ3v) is 2.68. The summed E-state index contributed by atoms with van der Waals surface area (Å²) >= 11 is 0. The second-order valence-electron chi connectivity index (χ2n) is 4.00. The molecule has 0 amide bonds. The van der Waals surface area contributed by atoms with Gasteiger partial charge in [-0.2, -0.15) is 0 Å². The molecule has 2 aromatic rings. The van der Waals surface area contributed by atoms with Crippen LogP contribution >= 0.6 is 0 Å². The van der Waals surface area contributed by atoms with Crippen molar-refractivity contribution in [3.8, 4) is 11.8 Å². The average Bonchev–Trinajstić information content (AvgIpc) is 2.54. The summed E-state index contributed by atoms with van der Waals surface area (Å²) in [5.74, 6) is -0.137. The molecule has 1 aromatic carbocycles. The Morgan fingerprint density at radius 1 is 1.33 bits per heavy atom. The number of methoxy groups -OCH3 is 1. The number of benzene rings is 1. The highest BCUT2D eigenvalue weighted by atomic mass is 16.5. The highest BCUT2D eigenvalue weighted by Crippen LogP contribution is 2.18. The number of aromatic nitrogens is 2. The largest absolute Gasteiger partial charge is 0.465 e. The van der Waals surface area contributed by atoms with E-state index in [0.29, 0.717) is 16.8 Å². The number of aliphatic hydroxyl groups excluding tert-OH is 1. The normalized spacial score (nSPS) is 10.0. The van der Waals surface area contributed by atoms with E-state index >= 15 is 0 Å². The number of hydrogen-bond donors (Lipinski definition) is 2. The molecule has 8 heteroatoms. The van der Waals surface area contributed by atoms with Crippen LogP contribution in [0.3, 0.4) is 0 Å². The molecular formula is C13H12BN2O5. The molecule has 1 aromatic heterocycles. The van der Waals surface area contributed by atoms with Gasteiger partial charge in [0.15, 0.2) is 0 Å². The molecule has 0 fully saturated rings. The number of carbonyl (C=O) groups is 1. The van der Waals surface area contributed by atoms with Gasteiger partial charge in [-0.25, -0.2) is 14.8 Å². The van der Waals surface area contributed by atoms with E-state index < -0.39 is 5.97 Å². The van der Waals surface area contributed by atoms with E-state index in [-0.39, 0.29) is 18.2 Å². The quantitative estimate of drug-likeness (QED) is 0.579. The number of aliphatic hydroxyl groups is 1. The minimum Gasteiger partial charge on any atom is -0.465 e. The molecule has 1 heterocycles. The molecule has 0 saturated carbocycles. The van der Waals surface area contributed by atoms with Gasteiger partial charge in [0.1, 0.15) is 5.75 Å². The molecule has 0 unspecified atom stereocenters. The van der Waals surface area contributed by atoms with Crippen molar-refractivity contribution in [3.63, 3.8) is 0 Å². The monoisotopic (exact) mass is 287 g/mol. The van der Waals surface area contributed by atoms with Crippen molar-refractivity contribution >= 4 is 18.9 Å². The maximum atomic E-state index is 11.2. The molecular weight excluding hydrogens is 275 g/mol. The van der Waals surface area contributed by atoms with Crippen molar-refractivity contribution in [2.24, 2.45) is 0 Å². The summed E-state index contributed by atoms with van der Waals surface area (Å²) in [6, 6.07) is 4.79. The van der Waals surface area contributed by atoms with Gasteiger partial charge in [0.05, 0.1) is 19.3 Å². The Bertz CT molecular complexity index is 633. The topological polar surface area (TPSA) is 102 Å². The van der Waals surface area contributed by atoms with Gasteiger partial charge in [-0.1, -0.05) is 6.07 Å². The standard InChI is InChI=1S/C13H12BN2O5/c1-20-12(18)9-5-15-13(16-6-9)21-10-2-3-11(14-19)8(4-10)7-17/h2-6,17,19H,7H2,1H3. The van der Waals surface area contributed by atoms with Crippen LogP contribution in [-0.2, 0) is 11.3 Å². The summed E-state index contributed by atoms with van der Waals surface area (Å²) < 4.78 is 9.94.